The molecule has 0 aromatic carbocycles. The van der Waals surface area contributed by atoms with Crippen LogP contribution in [-0.2, 0) is 7.05 Å². The highest BCUT2D eigenvalue weighted by atomic mass is 16.3. The fraction of sp³-hybridized carbons (Fsp3) is 0.786. The SMILES string of the molecule is CCCC(O)C(O)CC(C)c1c(C)nn(C)c1C. The normalized spacial score (nSPS) is 16.6. The highest BCUT2D eigenvalue weighted by Crippen LogP contribution is 2.27. The van der Waals surface area contributed by atoms with E-state index in [1.54, 1.807) is 0 Å². The van der Waals surface area contributed by atoms with Gasteiger partial charge in [0.1, 0.15) is 0 Å². The summed E-state index contributed by atoms with van der Waals surface area (Å²) in [6.07, 6.45) is 0.846. The summed E-state index contributed by atoms with van der Waals surface area (Å²) in [5, 5.41) is 24.2. The van der Waals surface area contributed by atoms with Gasteiger partial charge in [-0.3, -0.25) is 4.68 Å². The minimum absolute atomic E-state index is 0.209. The molecule has 0 aliphatic heterocycles. The third-order valence-electron chi connectivity index (χ3n) is 3.68. The highest BCUT2D eigenvalue weighted by Gasteiger charge is 2.22. The van der Waals surface area contributed by atoms with Gasteiger partial charge in [0.25, 0.3) is 0 Å². The summed E-state index contributed by atoms with van der Waals surface area (Å²) in [5.74, 6) is 0.209. The summed E-state index contributed by atoms with van der Waals surface area (Å²) in [4.78, 5) is 0. The third kappa shape index (κ3) is 3.33. The monoisotopic (exact) mass is 254 g/mol. The van der Waals surface area contributed by atoms with Gasteiger partial charge >= 0.3 is 0 Å². The molecule has 1 aromatic heterocycles. The minimum Gasteiger partial charge on any atom is -0.390 e. The number of hydrogen-bond donors (Lipinski definition) is 2. The summed E-state index contributed by atoms with van der Waals surface area (Å²) in [5.41, 5.74) is 3.34. The van der Waals surface area contributed by atoms with Gasteiger partial charge in [-0.2, -0.15) is 5.10 Å². The third-order valence-corrected chi connectivity index (χ3v) is 3.68. The summed E-state index contributed by atoms with van der Waals surface area (Å²) in [6, 6.07) is 0. The Kier molecular flexibility index (Phi) is 5.35. The maximum atomic E-state index is 9.99. The van der Waals surface area contributed by atoms with Crippen LogP contribution in [0.4, 0.5) is 0 Å². The molecule has 0 aliphatic carbocycles. The van der Waals surface area contributed by atoms with E-state index in [-0.39, 0.29) is 5.92 Å². The lowest BCUT2D eigenvalue weighted by atomic mass is 9.91. The smallest absolute Gasteiger partial charge is 0.0804 e. The van der Waals surface area contributed by atoms with E-state index in [0.29, 0.717) is 12.8 Å². The topological polar surface area (TPSA) is 58.3 Å². The summed E-state index contributed by atoms with van der Waals surface area (Å²) in [6.45, 7) is 8.13. The molecule has 0 amide bonds. The van der Waals surface area contributed by atoms with Gasteiger partial charge in [0.05, 0.1) is 17.9 Å². The van der Waals surface area contributed by atoms with Crippen LogP contribution >= 0.6 is 0 Å². The van der Waals surface area contributed by atoms with Crippen molar-refractivity contribution in [3.8, 4) is 0 Å². The Balaban J connectivity index is 2.73. The van der Waals surface area contributed by atoms with Gasteiger partial charge in [-0.25, -0.2) is 0 Å². The minimum atomic E-state index is -0.654. The van der Waals surface area contributed by atoms with Crippen LogP contribution in [-0.4, -0.2) is 32.2 Å². The van der Waals surface area contributed by atoms with E-state index in [2.05, 4.69) is 12.0 Å². The fourth-order valence-corrected chi connectivity index (χ4v) is 2.63. The van der Waals surface area contributed by atoms with Crippen molar-refractivity contribution in [2.75, 3.05) is 0 Å². The largest absolute Gasteiger partial charge is 0.390 e. The van der Waals surface area contributed by atoms with Crippen LogP contribution in [0.2, 0.25) is 0 Å². The van der Waals surface area contributed by atoms with Crippen molar-refractivity contribution in [2.45, 2.75) is 65.1 Å². The summed E-state index contributed by atoms with van der Waals surface area (Å²) < 4.78 is 1.87. The van der Waals surface area contributed by atoms with Crippen LogP contribution in [0, 0.1) is 13.8 Å². The van der Waals surface area contributed by atoms with Crippen LogP contribution in [0.5, 0.6) is 0 Å². The number of aryl methyl sites for hydroxylation is 2. The maximum Gasteiger partial charge on any atom is 0.0804 e. The van der Waals surface area contributed by atoms with Crippen molar-refractivity contribution in [2.24, 2.45) is 7.05 Å². The van der Waals surface area contributed by atoms with Crippen LogP contribution in [0.25, 0.3) is 0 Å². The molecule has 1 aromatic rings. The molecule has 3 atom stereocenters. The molecule has 2 N–H and O–H groups in total. The van der Waals surface area contributed by atoms with Gasteiger partial charge in [0, 0.05) is 12.7 Å². The number of hydrogen-bond acceptors (Lipinski definition) is 3. The van der Waals surface area contributed by atoms with Crippen molar-refractivity contribution in [3.05, 3.63) is 17.0 Å². The van der Waals surface area contributed by atoms with Crippen LogP contribution < -0.4 is 0 Å². The van der Waals surface area contributed by atoms with Gasteiger partial charge in [0.15, 0.2) is 0 Å². The Morgan fingerprint density at radius 3 is 2.28 bits per heavy atom. The average Bonchev–Trinajstić information content (AvgIpc) is 2.53. The average molecular weight is 254 g/mol. The molecule has 0 bridgehead atoms. The summed E-state index contributed by atoms with van der Waals surface area (Å²) in [7, 11) is 1.93. The van der Waals surface area contributed by atoms with Gasteiger partial charge in [-0.1, -0.05) is 20.3 Å². The fourth-order valence-electron chi connectivity index (χ4n) is 2.63. The molecule has 0 radical (unpaired) electrons. The predicted molar refractivity (Wildman–Crippen MR) is 72.6 cm³/mol. The van der Waals surface area contributed by atoms with E-state index in [1.165, 1.54) is 5.56 Å². The first-order valence-electron chi connectivity index (χ1n) is 6.74. The Hall–Kier alpha value is -0.870. The number of rotatable bonds is 6. The van der Waals surface area contributed by atoms with E-state index in [9.17, 15) is 10.2 Å². The molecule has 104 valence electrons. The van der Waals surface area contributed by atoms with Gasteiger partial charge in [-0.15, -0.1) is 0 Å². The first kappa shape index (κ1) is 15.2. The second-order valence-corrected chi connectivity index (χ2v) is 5.27. The Bertz CT molecular complexity index is 387. The molecule has 0 spiro atoms. The van der Waals surface area contributed by atoms with Gasteiger partial charge < -0.3 is 10.2 Å². The summed E-state index contributed by atoms with van der Waals surface area (Å²) >= 11 is 0. The zero-order valence-corrected chi connectivity index (χ0v) is 12.1. The molecule has 1 rings (SSSR count). The molecule has 0 aliphatic rings. The number of nitrogens with zero attached hydrogens (tertiary/aromatic N) is 2. The molecule has 4 heteroatoms. The standard InChI is InChI=1S/C14H26N2O2/c1-6-7-12(17)13(18)8-9(2)14-10(3)15-16(5)11(14)4/h9,12-13,17-18H,6-8H2,1-5H3. The van der Waals surface area contributed by atoms with Crippen molar-refractivity contribution in [1.29, 1.82) is 0 Å². The van der Waals surface area contributed by atoms with Crippen LogP contribution in [0.1, 0.15) is 56.0 Å². The lowest BCUT2D eigenvalue weighted by Gasteiger charge is -2.21. The molecular formula is C14H26N2O2. The van der Waals surface area contributed by atoms with E-state index >= 15 is 0 Å². The van der Waals surface area contributed by atoms with Crippen molar-refractivity contribution < 1.29 is 10.2 Å². The zero-order chi connectivity index (χ0) is 13.9. The van der Waals surface area contributed by atoms with Crippen molar-refractivity contribution >= 4 is 0 Å². The first-order valence-corrected chi connectivity index (χ1v) is 6.74. The zero-order valence-electron chi connectivity index (χ0n) is 12.1. The van der Waals surface area contributed by atoms with E-state index in [1.807, 2.05) is 32.5 Å². The molecule has 4 nitrogen and oxygen atoms in total. The van der Waals surface area contributed by atoms with Gasteiger partial charge in [-0.05, 0) is 38.2 Å². The highest BCUT2D eigenvalue weighted by molar-refractivity contribution is 5.28. The lowest BCUT2D eigenvalue weighted by Crippen LogP contribution is -2.27. The molecule has 0 saturated carbocycles. The second-order valence-electron chi connectivity index (χ2n) is 5.27. The Labute approximate surface area is 110 Å². The number of aliphatic hydroxyl groups excluding tert-OH is 2. The quantitative estimate of drug-likeness (QED) is 0.817. The Morgan fingerprint density at radius 2 is 1.83 bits per heavy atom. The predicted octanol–water partition coefficient (Wildman–Crippen LogP) is 2.05. The van der Waals surface area contributed by atoms with E-state index < -0.39 is 12.2 Å². The molecule has 18 heavy (non-hydrogen) atoms. The molecular weight excluding hydrogens is 228 g/mol. The van der Waals surface area contributed by atoms with Gasteiger partial charge in [0.2, 0.25) is 0 Å². The van der Waals surface area contributed by atoms with Crippen LogP contribution in [0.3, 0.4) is 0 Å². The number of aliphatic hydroxyl groups is 2. The molecule has 0 saturated heterocycles. The maximum absolute atomic E-state index is 9.99. The molecule has 3 unspecified atom stereocenters. The van der Waals surface area contributed by atoms with E-state index in [0.717, 1.165) is 17.8 Å². The second kappa shape index (κ2) is 6.34. The van der Waals surface area contributed by atoms with Crippen molar-refractivity contribution in [1.82, 2.24) is 9.78 Å². The Morgan fingerprint density at radius 1 is 1.22 bits per heavy atom. The molecule has 0 fully saturated rings. The van der Waals surface area contributed by atoms with Crippen LogP contribution in [0.15, 0.2) is 0 Å². The first-order chi connectivity index (χ1) is 8.38. The number of aromatic nitrogens is 2. The molecule has 1 heterocycles. The van der Waals surface area contributed by atoms with E-state index in [4.69, 9.17) is 0 Å². The lowest BCUT2D eigenvalue weighted by molar-refractivity contribution is 0.00632. The van der Waals surface area contributed by atoms with Crippen molar-refractivity contribution in [3.63, 3.8) is 0 Å².